The molecule has 1 unspecified atom stereocenters. The first-order valence-electron chi connectivity index (χ1n) is 7.28. The lowest BCUT2D eigenvalue weighted by Gasteiger charge is -2.16. The largest absolute Gasteiger partial charge is 0.466 e. The van der Waals surface area contributed by atoms with Gasteiger partial charge in [0.25, 0.3) is 5.91 Å². The van der Waals surface area contributed by atoms with Crippen LogP contribution in [-0.4, -0.2) is 37.1 Å². The first-order chi connectivity index (χ1) is 10.9. The monoisotopic (exact) mass is 405 g/mol. The van der Waals surface area contributed by atoms with E-state index in [9.17, 15) is 14.4 Å². The van der Waals surface area contributed by atoms with Crippen molar-refractivity contribution >= 4 is 45.1 Å². The molecule has 0 aliphatic rings. The van der Waals surface area contributed by atoms with Gasteiger partial charge in [-0.3, -0.25) is 9.59 Å². The van der Waals surface area contributed by atoms with Crippen LogP contribution in [0.2, 0.25) is 0 Å². The molecule has 0 spiro atoms. The maximum absolute atomic E-state index is 12.3. The van der Waals surface area contributed by atoms with E-state index in [1.165, 1.54) is 11.3 Å². The summed E-state index contributed by atoms with van der Waals surface area (Å²) < 4.78 is 10.6. The molecule has 1 amide bonds. The Morgan fingerprint density at radius 3 is 2.43 bits per heavy atom. The lowest BCUT2D eigenvalue weighted by Crippen LogP contribution is -2.42. The fraction of sp³-hybridized carbons (Fsp3) is 0.533. The van der Waals surface area contributed by atoms with Crippen LogP contribution in [0, 0.1) is 6.92 Å². The number of ether oxygens (including phenoxy) is 2. The number of halogens is 1. The molecule has 0 radical (unpaired) electrons. The van der Waals surface area contributed by atoms with Crippen LogP contribution in [0.3, 0.4) is 0 Å². The quantitative estimate of drug-likeness (QED) is 0.672. The zero-order chi connectivity index (χ0) is 17.4. The van der Waals surface area contributed by atoms with Crippen molar-refractivity contribution in [1.29, 1.82) is 0 Å². The molecule has 8 heteroatoms. The third-order valence-electron chi connectivity index (χ3n) is 2.90. The molecular formula is C15H20BrNO5S. The maximum atomic E-state index is 12.3. The summed E-state index contributed by atoms with van der Waals surface area (Å²) in [4.78, 5) is 36.1. The van der Waals surface area contributed by atoms with Crippen molar-refractivity contribution in [2.24, 2.45) is 0 Å². The number of esters is 2. The minimum Gasteiger partial charge on any atom is -0.466 e. The number of thiophene rings is 1. The Balaban J connectivity index is 2.73. The molecule has 0 aromatic carbocycles. The van der Waals surface area contributed by atoms with Crippen LogP contribution in [0.5, 0.6) is 0 Å². The van der Waals surface area contributed by atoms with E-state index in [-0.39, 0.29) is 32.0 Å². The van der Waals surface area contributed by atoms with E-state index in [4.69, 9.17) is 9.47 Å². The smallest absolute Gasteiger partial charge is 0.328 e. The number of hydrogen-bond donors (Lipinski definition) is 1. The summed E-state index contributed by atoms with van der Waals surface area (Å²) in [6.45, 7) is 5.74. The summed E-state index contributed by atoms with van der Waals surface area (Å²) in [5, 5.41) is 2.62. The van der Waals surface area contributed by atoms with Gasteiger partial charge in [-0.25, -0.2) is 4.79 Å². The second kappa shape index (κ2) is 9.67. The summed E-state index contributed by atoms with van der Waals surface area (Å²) in [5.74, 6) is -1.34. The topological polar surface area (TPSA) is 81.7 Å². The molecule has 1 aromatic heterocycles. The van der Waals surface area contributed by atoms with Gasteiger partial charge in [0.05, 0.1) is 21.9 Å². The molecule has 0 aliphatic heterocycles. The highest BCUT2D eigenvalue weighted by atomic mass is 79.9. The highest BCUT2D eigenvalue weighted by Crippen LogP contribution is 2.27. The van der Waals surface area contributed by atoms with Gasteiger partial charge >= 0.3 is 11.9 Å². The highest BCUT2D eigenvalue weighted by molar-refractivity contribution is 9.11. The third-order valence-corrected chi connectivity index (χ3v) is 5.04. The molecule has 1 heterocycles. The summed E-state index contributed by atoms with van der Waals surface area (Å²) in [6.07, 6.45) is 0.166. The number of amides is 1. The van der Waals surface area contributed by atoms with E-state index < -0.39 is 18.0 Å². The Hall–Kier alpha value is -1.41. The van der Waals surface area contributed by atoms with Crippen LogP contribution in [0.1, 0.15) is 41.9 Å². The summed E-state index contributed by atoms with van der Waals surface area (Å²) in [6, 6.07) is 0.852. The van der Waals surface area contributed by atoms with Crippen LogP contribution in [0.4, 0.5) is 0 Å². The van der Waals surface area contributed by atoms with E-state index in [2.05, 4.69) is 21.2 Å². The Morgan fingerprint density at radius 2 is 1.91 bits per heavy atom. The molecule has 1 aromatic rings. The van der Waals surface area contributed by atoms with Gasteiger partial charge in [-0.2, -0.15) is 0 Å². The molecule has 0 saturated heterocycles. The first-order valence-corrected chi connectivity index (χ1v) is 8.89. The second-order valence-corrected chi connectivity index (χ2v) is 7.06. The summed E-state index contributed by atoms with van der Waals surface area (Å²) in [7, 11) is 0. The predicted molar refractivity (Wildman–Crippen MR) is 90.5 cm³/mol. The SMILES string of the molecule is CCOC(=O)CCC(NC(=O)c1cc(C)c(Br)s1)C(=O)OCC. The fourth-order valence-corrected chi connectivity index (χ4v) is 3.23. The fourth-order valence-electron chi connectivity index (χ4n) is 1.79. The highest BCUT2D eigenvalue weighted by Gasteiger charge is 2.24. The number of nitrogens with one attached hydrogen (secondary N) is 1. The normalized spacial score (nSPS) is 11.7. The van der Waals surface area contributed by atoms with Crippen LogP contribution >= 0.6 is 27.3 Å². The molecule has 0 fully saturated rings. The van der Waals surface area contributed by atoms with E-state index >= 15 is 0 Å². The number of carbonyl (C=O) groups is 3. The lowest BCUT2D eigenvalue weighted by atomic mass is 10.1. The second-order valence-electron chi connectivity index (χ2n) is 4.69. The van der Waals surface area contributed by atoms with Gasteiger partial charge in [0.2, 0.25) is 0 Å². The minimum absolute atomic E-state index is 0.0325. The molecular weight excluding hydrogens is 386 g/mol. The molecule has 1 rings (SSSR count). The zero-order valence-electron chi connectivity index (χ0n) is 13.3. The molecule has 0 saturated carbocycles. The molecule has 128 valence electrons. The van der Waals surface area contributed by atoms with E-state index in [1.807, 2.05) is 6.92 Å². The van der Waals surface area contributed by atoms with Crippen molar-refractivity contribution < 1.29 is 23.9 Å². The summed E-state index contributed by atoms with van der Waals surface area (Å²) >= 11 is 4.64. The Morgan fingerprint density at radius 1 is 1.26 bits per heavy atom. The van der Waals surface area contributed by atoms with Gasteiger partial charge in [0, 0.05) is 6.42 Å². The van der Waals surface area contributed by atoms with Crippen LogP contribution in [0.15, 0.2) is 9.85 Å². The zero-order valence-corrected chi connectivity index (χ0v) is 15.7. The van der Waals surface area contributed by atoms with Crippen molar-refractivity contribution in [3.05, 3.63) is 20.3 Å². The van der Waals surface area contributed by atoms with Crippen molar-refractivity contribution in [2.45, 2.75) is 39.7 Å². The Labute approximate surface area is 147 Å². The molecule has 0 aliphatic carbocycles. The third kappa shape index (κ3) is 6.31. The molecule has 23 heavy (non-hydrogen) atoms. The van der Waals surface area contributed by atoms with E-state index in [0.29, 0.717) is 4.88 Å². The average molecular weight is 406 g/mol. The number of aryl methyl sites for hydroxylation is 1. The van der Waals surface area contributed by atoms with Crippen molar-refractivity contribution in [1.82, 2.24) is 5.32 Å². The van der Waals surface area contributed by atoms with Crippen LogP contribution < -0.4 is 5.32 Å². The molecule has 0 bridgehead atoms. The van der Waals surface area contributed by atoms with Gasteiger partial charge in [0.1, 0.15) is 6.04 Å². The average Bonchev–Trinajstić information content (AvgIpc) is 2.83. The number of rotatable bonds is 8. The predicted octanol–water partition coefficient (Wildman–Crippen LogP) is 2.82. The van der Waals surface area contributed by atoms with Gasteiger partial charge in [-0.15, -0.1) is 11.3 Å². The lowest BCUT2D eigenvalue weighted by molar-refractivity contribution is -0.146. The van der Waals surface area contributed by atoms with Crippen molar-refractivity contribution in [2.75, 3.05) is 13.2 Å². The van der Waals surface area contributed by atoms with Gasteiger partial charge < -0.3 is 14.8 Å². The van der Waals surface area contributed by atoms with Gasteiger partial charge in [-0.05, 0) is 54.8 Å². The maximum Gasteiger partial charge on any atom is 0.328 e. The van der Waals surface area contributed by atoms with Crippen LogP contribution in [0.25, 0.3) is 0 Å². The van der Waals surface area contributed by atoms with Crippen molar-refractivity contribution in [3.8, 4) is 0 Å². The first kappa shape index (κ1) is 19.6. The molecule has 6 nitrogen and oxygen atoms in total. The minimum atomic E-state index is -0.881. The standard InChI is InChI=1S/C15H20BrNO5S/c1-4-21-12(18)7-6-10(15(20)22-5-2)17-14(19)11-8-9(3)13(16)23-11/h8,10H,4-7H2,1-3H3,(H,17,19). The number of carbonyl (C=O) groups excluding carboxylic acids is 3. The van der Waals surface area contributed by atoms with Crippen molar-refractivity contribution in [3.63, 3.8) is 0 Å². The van der Waals surface area contributed by atoms with Gasteiger partial charge in [0.15, 0.2) is 0 Å². The number of hydrogen-bond acceptors (Lipinski definition) is 6. The Bertz CT molecular complexity index is 553. The molecule has 1 N–H and O–H groups in total. The van der Waals surface area contributed by atoms with E-state index in [1.54, 1.807) is 19.9 Å². The van der Waals surface area contributed by atoms with E-state index in [0.717, 1.165) is 9.35 Å². The van der Waals surface area contributed by atoms with Gasteiger partial charge in [-0.1, -0.05) is 0 Å². The summed E-state index contributed by atoms with van der Waals surface area (Å²) in [5.41, 5.74) is 0.944. The Kier molecular flexibility index (Phi) is 8.25. The molecule has 1 atom stereocenters. The van der Waals surface area contributed by atoms with Crippen LogP contribution in [-0.2, 0) is 19.1 Å².